The highest BCUT2D eigenvalue weighted by molar-refractivity contribution is 8.00. The minimum Gasteiger partial charge on any atom is -0.346 e. The molecule has 3 aromatic rings. The monoisotopic (exact) mass is 422 g/mol. The maximum Gasteiger partial charge on any atom is 0.252 e. The van der Waals surface area contributed by atoms with Gasteiger partial charge in [-0.2, -0.15) is 0 Å². The molecule has 1 atom stereocenters. The zero-order valence-electron chi connectivity index (χ0n) is 16.8. The lowest BCUT2D eigenvalue weighted by molar-refractivity contribution is -0.137. The van der Waals surface area contributed by atoms with E-state index in [1.165, 1.54) is 16.7 Å². The van der Waals surface area contributed by atoms with E-state index in [0.29, 0.717) is 23.5 Å². The number of likely N-dealkylation sites (tertiary alicyclic amines) is 1. The number of imide groups is 1. The number of rotatable bonds is 6. The number of thioether (sulfide) groups is 1. The van der Waals surface area contributed by atoms with Gasteiger partial charge >= 0.3 is 0 Å². The van der Waals surface area contributed by atoms with E-state index in [1.54, 1.807) is 25.1 Å². The van der Waals surface area contributed by atoms with Crippen LogP contribution in [0, 0.1) is 6.92 Å². The second kappa shape index (κ2) is 8.31. The average Bonchev–Trinajstić information content (AvgIpc) is 3.25. The molecule has 3 heterocycles. The predicted molar refractivity (Wildman–Crippen MR) is 114 cm³/mol. The van der Waals surface area contributed by atoms with Gasteiger partial charge in [0.15, 0.2) is 0 Å². The van der Waals surface area contributed by atoms with Crippen molar-refractivity contribution in [3.05, 3.63) is 65.6 Å². The third-order valence-corrected chi connectivity index (χ3v) is 6.28. The minimum absolute atomic E-state index is 0.161. The van der Waals surface area contributed by atoms with Crippen LogP contribution >= 0.6 is 11.8 Å². The third-order valence-electron chi connectivity index (χ3n) is 5.02. The summed E-state index contributed by atoms with van der Waals surface area (Å²) in [7, 11) is 0. The number of aryl methyl sites for hydroxylation is 1. The van der Waals surface area contributed by atoms with Gasteiger partial charge in [-0.1, -0.05) is 12.1 Å². The molecule has 154 valence electrons. The Labute approximate surface area is 178 Å². The lowest BCUT2D eigenvalue weighted by atomic mass is 10.2. The van der Waals surface area contributed by atoms with Crippen LogP contribution in [0.3, 0.4) is 0 Å². The first-order chi connectivity index (χ1) is 14.5. The van der Waals surface area contributed by atoms with Crippen LogP contribution in [0.1, 0.15) is 35.0 Å². The highest BCUT2D eigenvalue weighted by atomic mass is 32.2. The molecule has 0 spiro atoms. The molecule has 0 saturated carbocycles. The van der Waals surface area contributed by atoms with E-state index >= 15 is 0 Å². The molecule has 3 amide bonds. The van der Waals surface area contributed by atoms with Crippen LogP contribution in [-0.2, 0) is 16.1 Å². The summed E-state index contributed by atoms with van der Waals surface area (Å²) in [4.78, 5) is 43.7. The molecule has 4 rings (SSSR count). The number of aromatic nitrogens is 2. The molecule has 1 unspecified atom stereocenters. The Morgan fingerprint density at radius 1 is 1.27 bits per heavy atom. The van der Waals surface area contributed by atoms with Crippen molar-refractivity contribution in [2.45, 2.75) is 37.0 Å². The molecule has 0 bridgehead atoms. The first kappa shape index (κ1) is 20.2. The van der Waals surface area contributed by atoms with E-state index < -0.39 is 5.25 Å². The molecular weight excluding hydrogens is 400 g/mol. The zero-order chi connectivity index (χ0) is 21.3. The molecule has 30 heavy (non-hydrogen) atoms. The van der Waals surface area contributed by atoms with Crippen LogP contribution in [0.15, 0.2) is 53.7 Å². The van der Waals surface area contributed by atoms with Crippen molar-refractivity contribution in [3.63, 3.8) is 0 Å². The topological polar surface area (TPSA) is 83.8 Å². The summed E-state index contributed by atoms with van der Waals surface area (Å²) in [6.07, 6.45) is 3.99. The summed E-state index contributed by atoms with van der Waals surface area (Å²) in [6.45, 7) is 4.45. The summed E-state index contributed by atoms with van der Waals surface area (Å²) >= 11 is 1.27. The van der Waals surface area contributed by atoms with Crippen molar-refractivity contribution in [1.29, 1.82) is 0 Å². The molecule has 1 aliphatic heterocycles. The number of carbonyl (C=O) groups is 3. The zero-order valence-corrected chi connectivity index (χ0v) is 17.6. The largest absolute Gasteiger partial charge is 0.346 e. The number of nitrogens with one attached hydrogen (secondary N) is 1. The standard InChI is InChI=1S/C22H22N4O3S/c1-3-26-20(27)11-18(22(26)29)30-17-7-5-4-6-16(17)21(28)23-12-15-13-25-9-8-14(2)10-19(25)24-15/h4-10,13,18H,3,11-12H2,1-2H3,(H,23,28). The van der Waals surface area contributed by atoms with Crippen molar-refractivity contribution < 1.29 is 14.4 Å². The molecule has 1 fully saturated rings. The number of pyridine rings is 1. The SMILES string of the molecule is CCN1C(=O)CC(Sc2ccccc2C(=O)NCc2cn3ccc(C)cc3n2)C1=O. The predicted octanol–water partition coefficient (Wildman–Crippen LogP) is 2.81. The Morgan fingerprint density at radius 3 is 2.83 bits per heavy atom. The van der Waals surface area contributed by atoms with Gasteiger partial charge in [-0.3, -0.25) is 19.3 Å². The van der Waals surface area contributed by atoms with Gasteiger partial charge in [-0.25, -0.2) is 4.98 Å². The average molecular weight is 423 g/mol. The van der Waals surface area contributed by atoms with Crippen LogP contribution in [0.2, 0.25) is 0 Å². The minimum atomic E-state index is -0.493. The Bertz CT molecular complexity index is 1140. The van der Waals surface area contributed by atoms with E-state index in [1.807, 2.05) is 41.9 Å². The number of hydrogen-bond acceptors (Lipinski definition) is 5. The van der Waals surface area contributed by atoms with Crippen molar-refractivity contribution in [2.24, 2.45) is 0 Å². The number of benzene rings is 1. The number of imidazole rings is 1. The van der Waals surface area contributed by atoms with E-state index in [2.05, 4.69) is 10.3 Å². The fourth-order valence-corrected chi connectivity index (χ4v) is 4.68. The number of fused-ring (bicyclic) bond motifs is 1. The molecule has 0 aliphatic carbocycles. The van der Waals surface area contributed by atoms with Gasteiger partial charge in [0.25, 0.3) is 5.91 Å². The van der Waals surface area contributed by atoms with E-state index in [9.17, 15) is 14.4 Å². The third kappa shape index (κ3) is 3.95. The Morgan fingerprint density at radius 2 is 2.07 bits per heavy atom. The van der Waals surface area contributed by atoms with Crippen molar-refractivity contribution in [1.82, 2.24) is 19.6 Å². The number of amides is 3. The summed E-state index contributed by atoms with van der Waals surface area (Å²) in [6, 6.07) is 11.1. The molecule has 1 N–H and O–H groups in total. The summed E-state index contributed by atoms with van der Waals surface area (Å²) < 4.78 is 1.92. The number of nitrogens with zero attached hydrogens (tertiary/aromatic N) is 3. The van der Waals surface area contributed by atoms with Gasteiger partial charge in [0.2, 0.25) is 11.8 Å². The van der Waals surface area contributed by atoms with Gasteiger partial charge in [0, 0.05) is 30.3 Å². The molecule has 0 radical (unpaired) electrons. The first-order valence-electron chi connectivity index (χ1n) is 9.78. The molecule has 2 aromatic heterocycles. The number of carbonyl (C=O) groups excluding carboxylic acids is 3. The Kier molecular flexibility index (Phi) is 5.59. The van der Waals surface area contributed by atoms with Gasteiger partial charge in [-0.15, -0.1) is 11.8 Å². The highest BCUT2D eigenvalue weighted by Crippen LogP contribution is 2.33. The van der Waals surface area contributed by atoms with Gasteiger partial charge < -0.3 is 9.72 Å². The summed E-state index contributed by atoms with van der Waals surface area (Å²) in [5, 5.41) is 2.41. The fourth-order valence-electron chi connectivity index (χ4n) is 3.47. The highest BCUT2D eigenvalue weighted by Gasteiger charge is 2.38. The molecule has 8 heteroatoms. The smallest absolute Gasteiger partial charge is 0.252 e. The molecular formula is C22H22N4O3S. The quantitative estimate of drug-likeness (QED) is 0.618. The van der Waals surface area contributed by atoms with Crippen LogP contribution in [0.5, 0.6) is 0 Å². The van der Waals surface area contributed by atoms with E-state index in [0.717, 1.165) is 16.9 Å². The molecule has 7 nitrogen and oxygen atoms in total. The van der Waals surface area contributed by atoms with Crippen molar-refractivity contribution in [3.8, 4) is 0 Å². The van der Waals surface area contributed by atoms with Crippen LogP contribution in [0.4, 0.5) is 0 Å². The van der Waals surface area contributed by atoms with Crippen LogP contribution in [-0.4, -0.2) is 43.8 Å². The summed E-state index contributed by atoms with van der Waals surface area (Å²) in [5.41, 5.74) is 3.20. The first-order valence-corrected chi connectivity index (χ1v) is 10.7. The fraction of sp³-hybridized carbons (Fsp3) is 0.273. The second-order valence-electron chi connectivity index (χ2n) is 7.17. The maximum atomic E-state index is 12.8. The molecule has 1 aliphatic rings. The van der Waals surface area contributed by atoms with Crippen LogP contribution in [0.25, 0.3) is 5.65 Å². The lowest BCUT2D eigenvalue weighted by Crippen LogP contribution is -2.31. The van der Waals surface area contributed by atoms with Crippen molar-refractivity contribution >= 4 is 35.1 Å². The second-order valence-corrected chi connectivity index (χ2v) is 8.41. The van der Waals surface area contributed by atoms with Gasteiger partial charge in [-0.05, 0) is 43.7 Å². The lowest BCUT2D eigenvalue weighted by Gasteiger charge is -2.13. The Hall–Kier alpha value is -3.13. The number of hydrogen-bond donors (Lipinski definition) is 1. The van der Waals surface area contributed by atoms with Gasteiger partial charge in [0.1, 0.15) is 5.65 Å². The van der Waals surface area contributed by atoms with E-state index in [-0.39, 0.29) is 24.1 Å². The summed E-state index contributed by atoms with van der Waals surface area (Å²) in [5.74, 6) is -0.595. The van der Waals surface area contributed by atoms with Crippen LogP contribution < -0.4 is 5.32 Å². The molecule has 1 saturated heterocycles. The molecule has 1 aromatic carbocycles. The normalized spacial score (nSPS) is 16.5. The van der Waals surface area contributed by atoms with Gasteiger partial charge in [0.05, 0.1) is 23.1 Å². The van der Waals surface area contributed by atoms with Crippen molar-refractivity contribution in [2.75, 3.05) is 6.54 Å². The van der Waals surface area contributed by atoms with E-state index in [4.69, 9.17) is 0 Å². The maximum absolute atomic E-state index is 12.8. The Balaban J connectivity index is 1.46.